The average molecular weight is 295 g/mol. The number of nitrogens with zero attached hydrogens (tertiary/aromatic N) is 3. The van der Waals surface area contributed by atoms with Gasteiger partial charge in [-0.15, -0.1) is 23.5 Å². The molecule has 0 spiro atoms. The van der Waals surface area contributed by atoms with Crippen LogP contribution in [0, 0.1) is 17.1 Å². The van der Waals surface area contributed by atoms with E-state index in [4.69, 9.17) is 9.78 Å². The molecule has 1 aromatic carbocycles. The van der Waals surface area contributed by atoms with Crippen LogP contribution >= 0.6 is 23.5 Å². The topological polar surface area (TPSA) is 62.7 Å². The summed E-state index contributed by atoms with van der Waals surface area (Å²) in [6, 6.07) is 8.30. The number of benzene rings is 1. The Morgan fingerprint density at radius 1 is 1.26 bits per heavy atom. The van der Waals surface area contributed by atoms with Crippen molar-refractivity contribution >= 4 is 23.5 Å². The molecule has 0 radical (unpaired) electrons. The van der Waals surface area contributed by atoms with Gasteiger partial charge in [0.15, 0.2) is 5.82 Å². The molecule has 0 bridgehead atoms. The molecule has 19 heavy (non-hydrogen) atoms. The Hall–Kier alpha value is -1.52. The summed E-state index contributed by atoms with van der Waals surface area (Å²) in [5.74, 6) is 2.39. The molecule has 2 aromatic rings. The number of hydrogen-bond acceptors (Lipinski definition) is 6. The van der Waals surface area contributed by atoms with Gasteiger partial charge in [0.25, 0.3) is 0 Å². The number of halogens is 1. The standard InChI is InChI=1S/C12H10FN3OS2/c13-9-1-3-10(4-2-9)19-7-11-15-12(17-16-11)8-18-6-5-14/h1-4H,6-8H2. The van der Waals surface area contributed by atoms with Gasteiger partial charge in [-0.1, -0.05) is 5.16 Å². The van der Waals surface area contributed by atoms with Gasteiger partial charge in [0.2, 0.25) is 5.89 Å². The second-order valence-corrected chi connectivity index (χ2v) is 5.53. The molecule has 0 unspecified atom stereocenters. The van der Waals surface area contributed by atoms with Crippen LogP contribution in [-0.4, -0.2) is 15.9 Å². The second-order valence-electron chi connectivity index (χ2n) is 3.50. The van der Waals surface area contributed by atoms with E-state index in [1.807, 2.05) is 6.07 Å². The molecular formula is C12H10FN3OS2. The van der Waals surface area contributed by atoms with Crippen LogP contribution in [0.3, 0.4) is 0 Å². The third kappa shape index (κ3) is 4.58. The average Bonchev–Trinajstić information content (AvgIpc) is 2.86. The van der Waals surface area contributed by atoms with E-state index in [2.05, 4.69) is 10.1 Å². The number of nitriles is 1. The van der Waals surface area contributed by atoms with E-state index in [1.165, 1.54) is 35.7 Å². The van der Waals surface area contributed by atoms with E-state index in [0.29, 0.717) is 29.0 Å². The third-order valence-corrected chi connectivity index (χ3v) is 3.88. The van der Waals surface area contributed by atoms with Crippen molar-refractivity contribution in [1.82, 2.24) is 10.1 Å². The van der Waals surface area contributed by atoms with E-state index in [9.17, 15) is 4.39 Å². The summed E-state index contributed by atoms with van der Waals surface area (Å²) in [7, 11) is 0. The van der Waals surface area contributed by atoms with Crippen LogP contribution in [0.4, 0.5) is 4.39 Å². The number of aromatic nitrogens is 2. The lowest BCUT2D eigenvalue weighted by Gasteiger charge is -1.97. The summed E-state index contributed by atoms with van der Waals surface area (Å²) in [6.45, 7) is 0. The summed E-state index contributed by atoms with van der Waals surface area (Å²) in [5.41, 5.74) is 0. The molecule has 7 heteroatoms. The van der Waals surface area contributed by atoms with Crippen LogP contribution in [0.25, 0.3) is 0 Å². The largest absolute Gasteiger partial charge is 0.338 e. The van der Waals surface area contributed by atoms with Crippen LogP contribution in [0.5, 0.6) is 0 Å². The van der Waals surface area contributed by atoms with E-state index < -0.39 is 0 Å². The van der Waals surface area contributed by atoms with Crippen molar-refractivity contribution < 1.29 is 8.91 Å². The van der Waals surface area contributed by atoms with Crippen LogP contribution < -0.4 is 0 Å². The molecule has 0 fully saturated rings. The summed E-state index contributed by atoms with van der Waals surface area (Å²) >= 11 is 2.94. The molecule has 1 heterocycles. The van der Waals surface area contributed by atoms with Gasteiger partial charge in [0.05, 0.1) is 23.3 Å². The molecular weight excluding hydrogens is 285 g/mol. The van der Waals surface area contributed by atoms with Crippen molar-refractivity contribution in [1.29, 1.82) is 5.26 Å². The van der Waals surface area contributed by atoms with Crippen molar-refractivity contribution in [2.24, 2.45) is 0 Å². The SMILES string of the molecule is N#CCSCc1nc(CSc2ccc(F)cc2)no1. The van der Waals surface area contributed by atoms with Gasteiger partial charge in [0.1, 0.15) is 5.82 Å². The molecule has 98 valence electrons. The molecule has 2 rings (SSSR count). The molecule has 0 aliphatic rings. The highest BCUT2D eigenvalue weighted by Gasteiger charge is 2.06. The first kappa shape index (κ1) is 13.9. The summed E-state index contributed by atoms with van der Waals surface area (Å²) in [4.78, 5) is 5.16. The first-order valence-corrected chi connectivity index (χ1v) is 7.56. The Morgan fingerprint density at radius 3 is 2.79 bits per heavy atom. The van der Waals surface area contributed by atoms with Crippen molar-refractivity contribution in [2.45, 2.75) is 16.4 Å². The van der Waals surface area contributed by atoms with Crippen molar-refractivity contribution in [2.75, 3.05) is 5.75 Å². The molecule has 0 atom stereocenters. The lowest BCUT2D eigenvalue weighted by molar-refractivity contribution is 0.386. The van der Waals surface area contributed by atoms with Gasteiger partial charge in [-0.2, -0.15) is 10.2 Å². The van der Waals surface area contributed by atoms with E-state index in [0.717, 1.165) is 4.90 Å². The smallest absolute Gasteiger partial charge is 0.236 e. The lowest BCUT2D eigenvalue weighted by atomic mass is 10.4. The predicted octanol–water partition coefficient (Wildman–Crippen LogP) is 3.26. The molecule has 4 nitrogen and oxygen atoms in total. The lowest BCUT2D eigenvalue weighted by Crippen LogP contribution is -1.86. The third-order valence-electron chi connectivity index (χ3n) is 2.08. The minimum Gasteiger partial charge on any atom is -0.338 e. The zero-order chi connectivity index (χ0) is 13.5. The van der Waals surface area contributed by atoms with Gasteiger partial charge < -0.3 is 4.52 Å². The second kappa shape index (κ2) is 7.16. The van der Waals surface area contributed by atoms with Gasteiger partial charge in [-0.05, 0) is 24.3 Å². The van der Waals surface area contributed by atoms with E-state index in [1.54, 1.807) is 12.1 Å². The monoisotopic (exact) mass is 295 g/mol. The molecule has 0 saturated heterocycles. The molecule has 0 aliphatic heterocycles. The van der Waals surface area contributed by atoms with E-state index in [-0.39, 0.29) is 5.82 Å². The zero-order valence-corrected chi connectivity index (χ0v) is 11.5. The number of rotatable bonds is 6. The maximum absolute atomic E-state index is 12.7. The van der Waals surface area contributed by atoms with E-state index >= 15 is 0 Å². The molecule has 0 aliphatic carbocycles. The van der Waals surface area contributed by atoms with Gasteiger partial charge in [-0.25, -0.2) is 4.39 Å². The van der Waals surface area contributed by atoms with Crippen molar-refractivity contribution in [3.05, 3.63) is 41.8 Å². The number of hydrogen-bond donors (Lipinski definition) is 0. The van der Waals surface area contributed by atoms with Gasteiger partial charge >= 0.3 is 0 Å². The highest BCUT2D eigenvalue weighted by atomic mass is 32.2. The Morgan fingerprint density at radius 2 is 2.05 bits per heavy atom. The minimum absolute atomic E-state index is 0.249. The first-order chi connectivity index (χ1) is 9.28. The highest BCUT2D eigenvalue weighted by Crippen LogP contribution is 2.22. The van der Waals surface area contributed by atoms with Crippen LogP contribution in [0.2, 0.25) is 0 Å². The maximum atomic E-state index is 12.7. The van der Waals surface area contributed by atoms with Crippen molar-refractivity contribution in [3.63, 3.8) is 0 Å². The normalized spacial score (nSPS) is 10.3. The van der Waals surface area contributed by atoms with Crippen LogP contribution in [-0.2, 0) is 11.5 Å². The molecule has 0 amide bonds. The molecule has 0 saturated carbocycles. The van der Waals surface area contributed by atoms with Crippen LogP contribution in [0.15, 0.2) is 33.7 Å². The summed E-state index contributed by atoms with van der Waals surface area (Å²) in [5, 5.41) is 12.3. The summed E-state index contributed by atoms with van der Waals surface area (Å²) in [6.07, 6.45) is 0. The number of thioether (sulfide) groups is 2. The van der Waals surface area contributed by atoms with Gasteiger partial charge in [0, 0.05) is 4.90 Å². The quantitative estimate of drug-likeness (QED) is 0.602. The first-order valence-electron chi connectivity index (χ1n) is 5.42. The van der Waals surface area contributed by atoms with Crippen LogP contribution in [0.1, 0.15) is 11.7 Å². The highest BCUT2D eigenvalue weighted by molar-refractivity contribution is 7.98. The fourth-order valence-electron chi connectivity index (χ4n) is 1.27. The Labute approximate surface area is 118 Å². The fraction of sp³-hybridized carbons (Fsp3) is 0.250. The molecule has 0 N–H and O–H groups in total. The predicted molar refractivity (Wildman–Crippen MR) is 72.0 cm³/mol. The molecule has 1 aromatic heterocycles. The maximum Gasteiger partial charge on any atom is 0.236 e. The van der Waals surface area contributed by atoms with Gasteiger partial charge in [-0.3, -0.25) is 0 Å². The van der Waals surface area contributed by atoms with Crippen molar-refractivity contribution in [3.8, 4) is 6.07 Å². The minimum atomic E-state index is -0.249. The zero-order valence-electron chi connectivity index (χ0n) is 9.88. The fourth-order valence-corrected chi connectivity index (χ4v) is 2.50. The Bertz CT molecular complexity index is 565. The summed E-state index contributed by atoms with van der Waals surface area (Å²) < 4.78 is 17.8. The Balaban J connectivity index is 1.83. The Kier molecular flexibility index (Phi) is 5.24.